The van der Waals surface area contributed by atoms with E-state index in [1.807, 2.05) is 21.1 Å². The number of hydrogen-bond acceptors (Lipinski definition) is 8. The van der Waals surface area contributed by atoms with Crippen LogP contribution in [0.3, 0.4) is 0 Å². The third kappa shape index (κ3) is 74.7. The monoisotopic (exact) mass is 1300 g/mol. The molecule has 0 radical (unpaired) electrons. The van der Waals surface area contributed by atoms with E-state index in [1.165, 1.54) is 135 Å². The van der Waals surface area contributed by atoms with E-state index in [-0.39, 0.29) is 32.0 Å². The average Bonchev–Trinajstić information content (AvgIpc) is 2.23. The Bertz CT molecular complexity index is 2110. The van der Waals surface area contributed by atoms with Crippen LogP contribution in [0.2, 0.25) is 0 Å². The van der Waals surface area contributed by atoms with Crippen molar-refractivity contribution in [2.45, 2.75) is 302 Å². The Morgan fingerprint density at radius 2 is 0.620 bits per heavy atom. The Morgan fingerprint density at radius 3 is 0.924 bits per heavy atom. The summed E-state index contributed by atoms with van der Waals surface area (Å²) in [6, 6.07) is 0. The molecule has 0 aromatic rings. The van der Waals surface area contributed by atoms with Gasteiger partial charge in [0.2, 0.25) is 0 Å². The minimum absolute atomic E-state index is 0.0399. The molecule has 0 aromatic carbocycles. The molecule has 0 N–H and O–H groups in total. The number of carbonyl (C=O) groups is 2. The Balaban J connectivity index is 4.11. The number of phosphoric acid groups is 1. The molecule has 0 saturated heterocycles. The summed E-state index contributed by atoms with van der Waals surface area (Å²) in [5, 5.41) is 0. The van der Waals surface area contributed by atoms with E-state index >= 15 is 0 Å². The van der Waals surface area contributed by atoms with E-state index in [1.54, 1.807) is 0 Å². The standard InChI is InChI=1S/C82H138NO8P/c1-6-8-10-12-14-16-18-20-22-24-26-28-30-32-34-35-36-37-38-39-40-41-42-43-44-45-46-47-49-51-53-55-57-59-61-63-65-67-69-71-73-75-82(85)91-80(79-90-92(86,87)89-77-76-83(3,4)5)78-88-81(84)74-72-70-68-66-64-62-60-58-56-54-52-50-48-33-31-29-27-25-23-21-19-17-15-13-11-9-7-2/h8,10,14,16,19-22,25-28,32,34,36-37,39-40,42-43,45-46,49,51,55,57,80H,6-7,9,11-13,15,17-18,23-24,29-31,33,35,38,41,44,47-48,50,52-54,56,58-79H2,1-5H3/b10-8-,16-14-,21-19-,22-20-,27-25-,28-26-,34-32-,37-36-,40-39-,43-42-,46-45-,51-49-,57-55-. The maximum atomic E-state index is 12.9. The molecule has 0 spiro atoms. The molecule has 2 unspecified atom stereocenters. The van der Waals surface area contributed by atoms with Crippen LogP contribution in [0.4, 0.5) is 0 Å². The van der Waals surface area contributed by atoms with E-state index in [0.29, 0.717) is 17.4 Å². The molecule has 0 aliphatic heterocycles. The van der Waals surface area contributed by atoms with Gasteiger partial charge in [0.15, 0.2) is 6.10 Å². The van der Waals surface area contributed by atoms with Gasteiger partial charge >= 0.3 is 11.9 Å². The van der Waals surface area contributed by atoms with Crippen LogP contribution in [-0.4, -0.2) is 70.0 Å². The summed E-state index contributed by atoms with van der Waals surface area (Å²) in [4.78, 5) is 38.1. The van der Waals surface area contributed by atoms with E-state index in [9.17, 15) is 19.0 Å². The van der Waals surface area contributed by atoms with Crippen molar-refractivity contribution in [2.75, 3.05) is 47.5 Å². The molecule has 0 aliphatic rings. The minimum Gasteiger partial charge on any atom is -0.756 e. The van der Waals surface area contributed by atoms with Crippen molar-refractivity contribution >= 4 is 19.8 Å². The molecule has 0 aromatic heterocycles. The number of allylic oxidation sites excluding steroid dienone is 26. The number of nitrogens with zero attached hydrogens (tertiary/aromatic N) is 1. The van der Waals surface area contributed by atoms with Gasteiger partial charge in [-0.25, -0.2) is 0 Å². The van der Waals surface area contributed by atoms with Crippen molar-refractivity contribution in [3.8, 4) is 0 Å². The summed E-state index contributed by atoms with van der Waals surface area (Å²) in [5.41, 5.74) is 0. The minimum atomic E-state index is -4.66. The number of ether oxygens (including phenoxy) is 2. The number of rotatable bonds is 67. The van der Waals surface area contributed by atoms with Crippen molar-refractivity contribution in [3.63, 3.8) is 0 Å². The fourth-order valence-corrected chi connectivity index (χ4v) is 10.6. The highest BCUT2D eigenvalue weighted by molar-refractivity contribution is 7.45. The van der Waals surface area contributed by atoms with Crippen LogP contribution in [0.5, 0.6) is 0 Å². The zero-order chi connectivity index (χ0) is 66.9. The van der Waals surface area contributed by atoms with Crippen molar-refractivity contribution in [2.24, 2.45) is 0 Å². The third-order valence-electron chi connectivity index (χ3n) is 15.5. The molecule has 9 nitrogen and oxygen atoms in total. The van der Waals surface area contributed by atoms with E-state index in [4.69, 9.17) is 18.5 Å². The van der Waals surface area contributed by atoms with Crippen molar-refractivity contribution in [3.05, 3.63) is 158 Å². The van der Waals surface area contributed by atoms with Crippen LogP contribution in [0.25, 0.3) is 0 Å². The molecule has 0 rings (SSSR count). The first-order valence-electron chi connectivity index (χ1n) is 37.2. The second-order valence-corrected chi connectivity index (χ2v) is 27.0. The number of carbonyl (C=O) groups excluding carboxylic acids is 2. The van der Waals surface area contributed by atoms with Gasteiger partial charge in [0.1, 0.15) is 19.8 Å². The van der Waals surface area contributed by atoms with Crippen LogP contribution in [0.1, 0.15) is 296 Å². The van der Waals surface area contributed by atoms with Crippen molar-refractivity contribution in [1.82, 2.24) is 0 Å². The number of likely N-dealkylation sites (N-methyl/N-ethyl adjacent to an activating group) is 1. The molecular formula is C82H138NO8P. The summed E-state index contributed by atoms with van der Waals surface area (Å²) in [5.74, 6) is -0.848. The molecule has 0 heterocycles. The van der Waals surface area contributed by atoms with Gasteiger partial charge in [0, 0.05) is 12.8 Å². The van der Waals surface area contributed by atoms with Crippen molar-refractivity contribution < 1.29 is 42.1 Å². The summed E-state index contributed by atoms with van der Waals surface area (Å²) in [6.07, 6.45) is 106. The summed E-state index contributed by atoms with van der Waals surface area (Å²) < 4.78 is 34.3. The van der Waals surface area contributed by atoms with E-state index < -0.39 is 26.5 Å². The Kier molecular flexibility index (Phi) is 67.6. The highest BCUT2D eigenvalue weighted by Crippen LogP contribution is 2.38. The number of esters is 2. The molecule has 524 valence electrons. The lowest BCUT2D eigenvalue weighted by Gasteiger charge is -2.28. The zero-order valence-electron chi connectivity index (χ0n) is 59.7. The Hall–Kier alpha value is -4.37. The maximum absolute atomic E-state index is 12.9. The Morgan fingerprint density at radius 1 is 0.348 bits per heavy atom. The quantitative estimate of drug-likeness (QED) is 0.0195. The average molecular weight is 1300 g/mol. The topological polar surface area (TPSA) is 111 Å². The van der Waals surface area contributed by atoms with Crippen molar-refractivity contribution in [1.29, 1.82) is 0 Å². The molecule has 0 fully saturated rings. The summed E-state index contributed by atoms with van der Waals surface area (Å²) in [6.45, 7) is 4.11. The maximum Gasteiger partial charge on any atom is 0.306 e. The molecule has 0 aliphatic carbocycles. The van der Waals surface area contributed by atoms with Gasteiger partial charge in [-0.3, -0.25) is 14.2 Å². The van der Waals surface area contributed by atoms with Gasteiger partial charge in [0.25, 0.3) is 7.82 Å². The highest BCUT2D eigenvalue weighted by atomic mass is 31.2. The molecule has 0 amide bonds. The summed E-state index contributed by atoms with van der Waals surface area (Å²) >= 11 is 0. The smallest absolute Gasteiger partial charge is 0.306 e. The first-order chi connectivity index (χ1) is 45.0. The van der Waals surface area contributed by atoms with Crippen LogP contribution >= 0.6 is 7.82 Å². The fraction of sp³-hybridized carbons (Fsp3) is 0.659. The predicted molar refractivity (Wildman–Crippen MR) is 397 cm³/mol. The lowest BCUT2D eigenvalue weighted by Crippen LogP contribution is -2.37. The second-order valence-electron chi connectivity index (χ2n) is 25.6. The van der Waals surface area contributed by atoms with E-state index in [0.717, 1.165) is 128 Å². The predicted octanol–water partition coefficient (Wildman–Crippen LogP) is 24.1. The molecule has 92 heavy (non-hydrogen) atoms. The molecule has 10 heteroatoms. The zero-order valence-corrected chi connectivity index (χ0v) is 60.6. The molecular weight excluding hydrogens is 1160 g/mol. The van der Waals surface area contributed by atoms with E-state index in [2.05, 4.69) is 172 Å². The largest absolute Gasteiger partial charge is 0.756 e. The van der Waals surface area contributed by atoms with Gasteiger partial charge in [-0.2, -0.15) is 0 Å². The lowest BCUT2D eigenvalue weighted by atomic mass is 10.0. The fourth-order valence-electron chi connectivity index (χ4n) is 9.87. The highest BCUT2D eigenvalue weighted by Gasteiger charge is 2.22. The number of hydrogen-bond donors (Lipinski definition) is 0. The normalized spacial score (nSPS) is 14.0. The number of phosphoric ester groups is 1. The number of quaternary nitrogens is 1. The van der Waals surface area contributed by atoms with Crippen LogP contribution < -0.4 is 4.89 Å². The lowest BCUT2D eigenvalue weighted by molar-refractivity contribution is -0.870. The SMILES string of the molecule is CC/C=C\C/C=C\C/C=C\C/C=C\C/C=C\C/C=C\C/C=C\C/C=C\C/C=C\C/C=C\C/C=C\CCCCCCCCCC(=O)OC(COC(=O)CCCCCCCCCCCCCCCCC/C=C\C/C=C\CCCCCCC)COP(=O)([O-])OCC[N+](C)(C)C. The van der Waals surface area contributed by atoms with Gasteiger partial charge in [-0.15, -0.1) is 0 Å². The summed E-state index contributed by atoms with van der Waals surface area (Å²) in [7, 11) is 1.15. The molecule has 0 bridgehead atoms. The van der Waals surface area contributed by atoms with Crippen LogP contribution in [-0.2, 0) is 32.7 Å². The van der Waals surface area contributed by atoms with Crippen LogP contribution in [0, 0.1) is 0 Å². The van der Waals surface area contributed by atoms with Gasteiger partial charge in [-0.05, 0) is 128 Å². The van der Waals surface area contributed by atoms with Crippen LogP contribution in [0.15, 0.2) is 158 Å². The first kappa shape index (κ1) is 87.6. The number of unbranched alkanes of at least 4 members (excludes halogenated alkanes) is 27. The van der Waals surface area contributed by atoms with Gasteiger partial charge in [0.05, 0.1) is 27.7 Å². The first-order valence-corrected chi connectivity index (χ1v) is 38.7. The second kappa shape index (κ2) is 70.9. The third-order valence-corrected chi connectivity index (χ3v) is 16.5. The Labute approximate surface area is 566 Å². The molecule has 0 saturated carbocycles. The van der Waals surface area contributed by atoms with Gasteiger partial charge in [-0.1, -0.05) is 313 Å². The molecule has 2 atom stereocenters. The van der Waals surface area contributed by atoms with Gasteiger partial charge < -0.3 is 27.9 Å².